The van der Waals surface area contributed by atoms with E-state index in [1.807, 2.05) is 0 Å². The molecule has 2 aromatic rings. The molecule has 28 heavy (non-hydrogen) atoms. The molecule has 148 valence electrons. The van der Waals surface area contributed by atoms with Crippen LogP contribution >= 0.6 is 0 Å². The first kappa shape index (κ1) is 19.3. The molecule has 0 aromatic heterocycles. The Morgan fingerprint density at radius 1 is 1.04 bits per heavy atom. The van der Waals surface area contributed by atoms with E-state index in [0.717, 1.165) is 0 Å². The van der Waals surface area contributed by atoms with Crippen LogP contribution in [0.15, 0.2) is 30.3 Å². The van der Waals surface area contributed by atoms with Crippen LogP contribution in [-0.2, 0) is 4.79 Å². The van der Waals surface area contributed by atoms with E-state index in [1.165, 1.54) is 28.3 Å². The average Bonchev–Trinajstić information content (AvgIpc) is 2.71. The molecule has 0 saturated carbocycles. The number of rotatable bonds is 5. The summed E-state index contributed by atoms with van der Waals surface area (Å²) in [7, 11) is 4.47. The maximum atomic E-state index is 12.7. The number of nitrogens with zero attached hydrogens (tertiary/aromatic N) is 1. The molecule has 0 aliphatic carbocycles. The zero-order valence-corrected chi connectivity index (χ0v) is 16.2. The Kier molecular flexibility index (Phi) is 5.58. The Morgan fingerprint density at radius 2 is 1.71 bits per heavy atom. The summed E-state index contributed by atoms with van der Waals surface area (Å²) in [6.45, 7) is 2.41. The standard InChI is InChI=1S/C20H22N2O6/c1-12(23)22-7-8-28-16-11-14(5-6-15(16)22)21-20(24)13-9-17(25-2)19(27-4)18(10-13)26-3/h5-6,9-11H,7-8H2,1-4H3,(H,21,24). The van der Waals surface area contributed by atoms with Gasteiger partial charge in [-0.2, -0.15) is 0 Å². The monoisotopic (exact) mass is 386 g/mol. The van der Waals surface area contributed by atoms with Gasteiger partial charge in [0.25, 0.3) is 5.91 Å². The van der Waals surface area contributed by atoms with Gasteiger partial charge < -0.3 is 29.2 Å². The minimum atomic E-state index is -0.349. The van der Waals surface area contributed by atoms with Crippen molar-refractivity contribution >= 4 is 23.2 Å². The van der Waals surface area contributed by atoms with Gasteiger partial charge in [0.15, 0.2) is 11.5 Å². The van der Waals surface area contributed by atoms with Crippen molar-refractivity contribution in [3.8, 4) is 23.0 Å². The lowest BCUT2D eigenvalue weighted by atomic mass is 10.1. The van der Waals surface area contributed by atoms with Crippen LogP contribution in [0.25, 0.3) is 0 Å². The van der Waals surface area contributed by atoms with Crippen molar-refractivity contribution in [3.05, 3.63) is 35.9 Å². The van der Waals surface area contributed by atoms with Crippen molar-refractivity contribution < 1.29 is 28.5 Å². The zero-order chi connectivity index (χ0) is 20.3. The number of hydrogen-bond donors (Lipinski definition) is 1. The summed E-state index contributed by atoms with van der Waals surface area (Å²) in [5, 5.41) is 2.82. The quantitative estimate of drug-likeness (QED) is 0.850. The topological polar surface area (TPSA) is 86.3 Å². The Bertz CT molecular complexity index is 887. The van der Waals surface area contributed by atoms with Crippen molar-refractivity contribution in [1.29, 1.82) is 0 Å². The second-order valence-electron chi connectivity index (χ2n) is 6.07. The number of ether oxygens (including phenoxy) is 4. The predicted octanol–water partition coefficient (Wildman–Crippen LogP) is 2.71. The van der Waals surface area contributed by atoms with Gasteiger partial charge in [-0.05, 0) is 24.3 Å². The van der Waals surface area contributed by atoms with Gasteiger partial charge in [-0.1, -0.05) is 0 Å². The van der Waals surface area contributed by atoms with Crippen LogP contribution in [0.1, 0.15) is 17.3 Å². The summed E-state index contributed by atoms with van der Waals surface area (Å²) < 4.78 is 21.5. The van der Waals surface area contributed by atoms with E-state index in [1.54, 1.807) is 35.2 Å². The second kappa shape index (κ2) is 8.08. The molecule has 0 fully saturated rings. The summed E-state index contributed by atoms with van der Waals surface area (Å²) in [5.74, 6) is 1.32. The smallest absolute Gasteiger partial charge is 0.255 e. The molecule has 2 amide bonds. The molecule has 1 aliphatic rings. The van der Waals surface area contributed by atoms with Gasteiger partial charge >= 0.3 is 0 Å². The van der Waals surface area contributed by atoms with Crippen LogP contribution in [0.2, 0.25) is 0 Å². The van der Waals surface area contributed by atoms with Crippen molar-refractivity contribution in [2.24, 2.45) is 0 Å². The van der Waals surface area contributed by atoms with Gasteiger partial charge in [0.1, 0.15) is 12.4 Å². The number of fused-ring (bicyclic) bond motifs is 1. The van der Waals surface area contributed by atoms with E-state index >= 15 is 0 Å². The number of carbonyl (C=O) groups excluding carboxylic acids is 2. The molecule has 0 bridgehead atoms. The summed E-state index contributed by atoms with van der Waals surface area (Å²) in [5.41, 5.74) is 1.57. The molecular formula is C20H22N2O6. The number of anilines is 2. The van der Waals surface area contributed by atoms with Gasteiger partial charge in [0.2, 0.25) is 11.7 Å². The SMILES string of the molecule is COc1cc(C(=O)Nc2ccc3c(c2)OCCN3C(C)=O)cc(OC)c1OC. The molecule has 0 radical (unpaired) electrons. The van der Waals surface area contributed by atoms with Crippen LogP contribution in [-0.4, -0.2) is 46.3 Å². The van der Waals surface area contributed by atoms with E-state index in [2.05, 4.69) is 5.32 Å². The fourth-order valence-corrected chi connectivity index (χ4v) is 3.04. The number of hydrogen-bond acceptors (Lipinski definition) is 6. The van der Waals surface area contributed by atoms with Crippen molar-refractivity contribution in [1.82, 2.24) is 0 Å². The van der Waals surface area contributed by atoms with Crippen molar-refractivity contribution in [2.75, 3.05) is 44.7 Å². The van der Waals surface area contributed by atoms with Crippen LogP contribution in [0.4, 0.5) is 11.4 Å². The lowest BCUT2D eigenvalue weighted by Gasteiger charge is -2.29. The number of nitrogens with one attached hydrogen (secondary N) is 1. The summed E-state index contributed by atoms with van der Waals surface area (Å²) in [4.78, 5) is 26.1. The summed E-state index contributed by atoms with van der Waals surface area (Å²) in [6.07, 6.45) is 0. The Morgan fingerprint density at radius 3 is 2.29 bits per heavy atom. The fourth-order valence-electron chi connectivity index (χ4n) is 3.04. The van der Waals surface area contributed by atoms with Crippen LogP contribution < -0.4 is 29.2 Å². The molecular weight excluding hydrogens is 364 g/mol. The molecule has 1 aliphatic heterocycles. The Labute approximate surface area is 162 Å². The minimum absolute atomic E-state index is 0.0567. The number of carbonyl (C=O) groups is 2. The minimum Gasteiger partial charge on any atom is -0.493 e. The molecule has 0 spiro atoms. The van der Waals surface area contributed by atoms with E-state index in [9.17, 15) is 9.59 Å². The molecule has 3 rings (SSSR count). The molecule has 1 N–H and O–H groups in total. The normalized spacial score (nSPS) is 12.5. The van der Waals surface area contributed by atoms with Gasteiger partial charge in [-0.15, -0.1) is 0 Å². The maximum absolute atomic E-state index is 12.7. The molecule has 0 unspecified atom stereocenters. The van der Waals surface area contributed by atoms with Crippen molar-refractivity contribution in [2.45, 2.75) is 6.92 Å². The average molecular weight is 386 g/mol. The highest BCUT2D eigenvalue weighted by Crippen LogP contribution is 2.39. The van der Waals surface area contributed by atoms with E-state index in [-0.39, 0.29) is 11.8 Å². The highest BCUT2D eigenvalue weighted by molar-refractivity contribution is 6.05. The molecule has 2 aromatic carbocycles. The third-order valence-electron chi connectivity index (χ3n) is 4.39. The molecule has 8 nitrogen and oxygen atoms in total. The molecule has 0 atom stereocenters. The van der Waals surface area contributed by atoms with Gasteiger partial charge in [0, 0.05) is 24.2 Å². The summed E-state index contributed by atoms with van der Waals surface area (Å²) in [6, 6.07) is 8.31. The van der Waals surface area contributed by atoms with E-state index in [4.69, 9.17) is 18.9 Å². The Balaban J connectivity index is 1.87. The lowest BCUT2D eigenvalue weighted by Crippen LogP contribution is -2.36. The largest absolute Gasteiger partial charge is 0.493 e. The predicted molar refractivity (Wildman–Crippen MR) is 104 cm³/mol. The first-order valence-corrected chi connectivity index (χ1v) is 8.64. The molecule has 8 heteroatoms. The lowest BCUT2D eigenvalue weighted by molar-refractivity contribution is -0.116. The van der Waals surface area contributed by atoms with Crippen LogP contribution in [0, 0.1) is 0 Å². The third-order valence-corrected chi connectivity index (χ3v) is 4.39. The first-order chi connectivity index (χ1) is 13.5. The zero-order valence-electron chi connectivity index (χ0n) is 16.2. The Hall–Kier alpha value is -3.42. The number of amides is 2. The second-order valence-corrected chi connectivity index (χ2v) is 6.07. The maximum Gasteiger partial charge on any atom is 0.255 e. The number of methoxy groups -OCH3 is 3. The van der Waals surface area contributed by atoms with Crippen LogP contribution in [0.5, 0.6) is 23.0 Å². The van der Waals surface area contributed by atoms with Gasteiger partial charge in [-0.3, -0.25) is 9.59 Å². The summed E-state index contributed by atoms with van der Waals surface area (Å²) >= 11 is 0. The van der Waals surface area contributed by atoms with E-state index < -0.39 is 0 Å². The number of benzene rings is 2. The van der Waals surface area contributed by atoms with Gasteiger partial charge in [0.05, 0.1) is 33.6 Å². The highest BCUT2D eigenvalue weighted by Gasteiger charge is 2.22. The van der Waals surface area contributed by atoms with Crippen LogP contribution in [0.3, 0.4) is 0 Å². The molecule has 0 saturated heterocycles. The first-order valence-electron chi connectivity index (χ1n) is 8.64. The van der Waals surface area contributed by atoms with E-state index in [0.29, 0.717) is 53.1 Å². The highest BCUT2D eigenvalue weighted by atomic mass is 16.5. The van der Waals surface area contributed by atoms with Crippen molar-refractivity contribution in [3.63, 3.8) is 0 Å². The molecule has 1 heterocycles. The third kappa shape index (κ3) is 3.66. The fraction of sp³-hybridized carbons (Fsp3) is 0.300. The van der Waals surface area contributed by atoms with Gasteiger partial charge in [-0.25, -0.2) is 0 Å².